The summed E-state index contributed by atoms with van der Waals surface area (Å²) in [6.45, 7) is 1.51. The number of amides is 3. The number of benzene rings is 1. The summed E-state index contributed by atoms with van der Waals surface area (Å²) < 4.78 is 16.0. The first-order valence-corrected chi connectivity index (χ1v) is 9.67. The number of hydrogen-bond donors (Lipinski definition) is 2. The van der Waals surface area contributed by atoms with Crippen LogP contribution in [0.3, 0.4) is 0 Å². The van der Waals surface area contributed by atoms with Crippen molar-refractivity contribution in [1.82, 2.24) is 15.5 Å². The molecule has 0 radical (unpaired) electrons. The Morgan fingerprint density at radius 2 is 1.75 bits per heavy atom. The van der Waals surface area contributed by atoms with E-state index < -0.39 is 0 Å². The summed E-state index contributed by atoms with van der Waals surface area (Å²) in [4.78, 5) is 26.6. The molecule has 28 heavy (non-hydrogen) atoms. The van der Waals surface area contributed by atoms with E-state index >= 15 is 0 Å². The maximum atomic E-state index is 12.6. The van der Waals surface area contributed by atoms with Crippen molar-refractivity contribution in [3.8, 4) is 17.2 Å². The average Bonchev–Trinajstić information content (AvgIpc) is 3.55. The maximum Gasteiger partial charge on any atom is 0.317 e. The number of hydrogen-bond acceptors (Lipinski definition) is 5. The molecule has 3 rings (SSSR count). The molecule has 1 unspecified atom stereocenters. The van der Waals surface area contributed by atoms with E-state index in [1.165, 1.54) is 0 Å². The highest BCUT2D eigenvalue weighted by molar-refractivity contribution is 5.81. The average molecular weight is 391 g/mol. The van der Waals surface area contributed by atoms with Crippen molar-refractivity contribution in [3.05, 3.63) is 17.7 Å². The number of methoxy groups -OCH3 is 3. The van der Waals surface area contributed by atoms with Gasteiger partial charge in [-0.15, -0.1) is 0 Å². The Morgan fingerprint density at radius 1 is 1.07 bits per heavy atom. The van der Waals surface area contributed by atoms with Crippen molar-refractivity contribution < 1.29 is 23.8 Å². The van der Waals surface area contributed by atoms with Crippen LogP contribution in [0.5, 0.6) is 17.2 Å². The third-order valence-corrected chi connectivity index (χ3v) is 5.18. The molecule has 1 heterocycles. The number of piperidine rings is 1. The van der Waals surface area contributed by atoms with Gasteiger partial charge in [0.15, 0.2) is 11.5 Å². The summed E-state index contributed by atoms with van der Waals surface area (Å²) >= 11 is 0. The van der Waals surface area contributed by atoms with Crippen LogP contribution in [-0.4, -0.2) is 57.3 Å². The van der Waals surface area contributed by atoms with Gasteiger partial charge in [0.2, 0.25) is 11.7 Å². The Bertz CT molecular complexity index is 695. The van der Waals surface area contributed by atoms with Crippen molar-refractivity contribution >= 4 is 11.9 Å². The monoisotopic (exact) mass is 391 g/mol. The van der Waals surface area contributed by atoms with Crippen LogP contribution in [-0.2, 0) is 11.3 Å². The second kappa shape index (κ2) is 9.03. The molecule has 0 bridgehead atoms. The molecule has 8 nitrogen and oxygen atoms in total. The molecular formula is C20H29N3O5. The van der Waals surface area contributed by atoms with Crippen molar-refractivity contribution in [1.29, 1.82) is 0 Å². The fraction of sp³-hybridized carbons (Fsp3) is 0.600. The molecule has 1 saturated heterocycles. The fourth-order valence-electron chi connectivity index (χ4n) is 3.44. The molecular weight excluding hydrogens is 362 g/mol. The van der Waals surface area contributed by atoms with Gasteiger partial charge >= 0.3 is 6.03 Å². The second-order valence-electron chi connectivity index (χ2n) is 7.26. The van der Waals surface area contributed by atoms with Crippen LogP contribution in [0.1, 0.15) is 31.2 Å². The molecule has 1 saturated carbocycles. The van der Waals surface area contributed by atoms with E-state index in [0.717, 1.165) is 31.2 Å². The lowest BCUT2D eigenvalue weighted by Gasteiger charge is -2.32. The number of likely N-dealkylation sites (tertiary alicyclic amines) is 1. The number of nitrogens with one attached hydrogen (secondary N) is 2. The van der Waals surface area contributed by atoms with E-state index in [1.54, 1.807) is 26.2 Å². The Hall–Kier alpha value is -2.64. The Morgan fingerprint density at radius 3 is 2.32 bits per heavy atom. The minimum Gasteiger partial charge on any atom is -0.493 e. The smallest absolute Gasteiger partial charge is 0.317 e. The van der Waals surface area contributed by atoms with Gasteiger partial charge in [-0.25, -0.2) is 4.79 Å². The molecule has 8 heteroatoms. The zero-order chi connectivity index (χ0) is 20.1. The minimum absolute atomic E-state index is 0.0438. The Balaban J connectivity index is 1.58. The molecule has 3 amide bonds. The van der Waals surface area contributed by atoms with Gasteiger partial charge in [-0.3, -0.25) is 4.79 Å². The van der Waals surface area contributed by atoms with Gasteiger partial charge in [0.25, 0.3) is 0 Å². The van der Waals surface area contributed by atoms with Gasteiger partial charge in [0.05, 0.1) is 27.2 Å². The second-order valence-corrected chi connectivity index (χ2v) is 7.26. The molecule has 1 aromatic carbocycles. The molecule has 154 valence electrons. The van der Waals surface area contributed by atoms with E-state index in [1.807, 2.05) is 12.1 Å². The Labute approximate surface area is 165 Å². The summed E-state index contributed by atoms with van der Waals surface area (Å²) in [7, 11) is 4.67. The summed E-state index contributed by atoms with van der Waals surface area (Å²) in [6.07, 6.45) is 3.73. The predicted molar refractivity (Wildman–Crippen MR) is 104 cm³/mol. The van der Waals surface area contributed by atoms with Crippen LogP contribution in [0.25, 0.3) is 0 Å². The molecule has 0 spiro atoms. The first-order chi connectivity index (χ1) is 13.5. The van der Waals surface area contributed by atoms with Crippen molar-refractivity contribution in [2.24, 2.45) is 5.92 Å². The lowest BCUT2D eigenvalue weighted by molar-refractivity contribution is -0.126. The first kappa shape index (κ1) is 20.1. The van der Waals surface area contributed by atoms with Gasteiger partial charge in [-0.2, -0.15) is 0 Å². The zero-order valence-electron chi connectivity index (χ0n) is 16.7. The standard InChI is InChI=1S/C20H29N3O5/c1-26-16-9-13(10-17(27-2)18(16)28-3)11-21-19(24)14-5-4-8-23(12-14)20(25)22-15-6-7-15/h9-10,14-15H,4-8,11-12H2,1-3H3,(H,21,24)(H,22,25). The molecule has 1 aliphatic heterocycles. The van der Waals surface area contributed by atoms with E-state index in [0.29, 0.717) is 42.9 Å². The topological polar surface area (TPSA) is 89.1 Å². The quantitative estimate of drug-likeness (QED) is 0.741. The summed E-state index contributed by atoms with van der Waals surface area (Å²) in [5, 5.41) is 5.96. The zero-order valence-corrected chi connectivity index (χ0v) is 16.7. The SMILES string of the molecule is COc1cc(CNC(=O)C2CCCN(C(=O)NC3CC3)C2)cc(OC)c1OC. The highest BCUT2D eigenvalue weighted by Crippen LogP contribution is 2.38. The number of ether oxygens (including phenoxy) is 3. The van der Waals surface area contributed by atoms with E-state index in [9.17, 15) is 9.59 Å². The summed E-state index contributed by atoms with van der Waals surface area (Å²) in [5.74, 6) is 1.38. The molecule has 2 fully saturated rings. The van der Waals surface area contributed by atoms with E-state index in [4.69, 9.17) is 14.2 Å². The van der Waals surface area contributed by atoms with Gasteiger partial charge in [-0.1, -0.05) is 0 Å². The van der Waals surface area contributed by atoms with Crippen LogP contribution in [0, 0.1) is 5.92 Å². The number of carbonyl (C=O) groups is 2. The summed E-state index contributed by atoms with van der Waals surface area (Å²) in [6, 6.07) is 3.90. The lowest BCUT2D eigenvalue weighted by atomic mass is 9.97. The molecule has 2 aliphatic rings. The van der Waals surface area contributed by atoms with Gasteiger partial charge in [0, 0.05) is 25.7 Å². The van der Waals surface area contributed by atoms with Crippen LogP contribution in [0.2, 0.25) is 0 Å². The van der Waals surface area contributed by atoms with Crippen molar-refractivity contribution in [2.45, 2.75) is 38.3 Å². The third-order valence-electron chi connectivity index (χ3n) is 5.18. The van der Waals surface area contributed by atoms with Gasteiger partial charge in [0.1, 0.15) is 0 Å². The highest BCUT2D eigenvalue weighted by atomic mass is 16.5. The van der Waals surface area contributed by atoms with E-state index in [-0.39, 0.29) is 17.9 Å². The number of carbonyl (C=O) groups excluding carboxylic acids is 2. The Kier molecular flexibility index (Phi) is 6.49. The van der Waals surface area contributed by atoms with Crippen LogP contribution in [0.4, 0.5) is 4.79 Å². The molecule has 2 N–H and O–H groups in total. The van der Waals surface area contributed by atoms with Crippen molar-refractivity contribution in [3.63, 3.8) is 0 Å². The lowest BCUT2D eigenvalue weighted by Crippen LogP contribution is -2.49. The van der Waals surface area contributed by atoms with Crippen LogP contribution in [0.15, 0.2) is 12.1 Å². The minimum atomic E-state index is -0.194. The highest BCUT2D eigenvalue weighted by Gasteiger charge is 2.31. The van der Waals surface area contributed by atoms with Crippen LogP contribution < -0.4 is 24.8 Å². The molecule has 1 aliphatic carbocycles. The van der Waals surface area contributed by atoms with E-state index in [2.05, 4.69) is 10.6 Å². The van der Waals surface area contributed by atoms with Crippen molar-refractivity contribution in [2.75, 3.05) is 34.4 Å². The van der Waals surface area contributed by atoms with Gasteiger partial charge in [-0.05, 0) is 43.4 Å². The maximum absolute atomic E-state index is 12.6. The van der Waals surface area contributed by atoms with Crippen LogP contribution >= 0.6 is 0 Å². The third kappa shape index (κ3) is 4.79. The molecule has 0 aromatic heterocycles. The molecule has 1 atom stereocenters. The molecule has 1 aromatic rings. The van der Waals surface area contributed by atoms with Gasteiger partial charge < -0.3 is 29.7 Å². The summed E-state index contributed by atoms with van der Waals surface area (Å²) in [5.41, 5.74) is 0.849. The fourth-order valence-corrected chi connectivity index (χ4v) is 3.44. The normalized spacial score (nSPS) is 19.0. The first-order valence-electron chi connectivity index (χ1n) is 9.67. The largest absolute Gasteiger partial charge is 0.493 e. The number of urea groups is 1. The predicted octanol–water partition coefficient (Wildman–Crippen LogP) is 1.91. The number of nitrogens with zero attached hydrogens (tertiary/aromatic N) is 1. The number of rotatable bonds is 7.